The molecule has 1 atom stereocenters. The highest BCUT2D eigenvalue weighted by atomic mass is 32.2. The van der Waals surface area contributed by atoms with Gasteiger partial charge in [0.2, 0.25) is 10.0 Å². The summed E-state index contributed by atoms with van der Waals surface area (Å²) in [4.78, 5) is 1.03. The summed E-state index contributed by atoms with van der Waals surface area (Å²) in [6.07, 6.45) is 0.720. The van der Waals surface area contributed by atoms with Crippen molar-refractivity contribution in [2.45, 2.75) is 25.1 Å². The molecule has 0 fully saturated rings. The maximum Gasteiger partial charge on any atom is 0.216 e. The fourth-order valence-electron chi connectivity index (χ4n) is 2.07. The van der Waals surface area contributed by atoms with E-state index in [1.54, 1.807) is 42.7 Å². The highest BCUT2D eigenvalue weighted by Crippen LogP contribution is 2.23. The van der Waals surface area contributed by atoms with Gasteiger partial charge in [-0.05, 0) is 35.6 Å². The van der Waals surface area contributed by atoms with Crippen LogP contribution in [0.15, 0.2) is 41.8 Å². The molecule has 6 heteroatoms. The number of ether oxygens (including phenoxy) is 1. The number of thiophene rings is 1. The first-order valence-corrected chi connectivity index (χ1v) is 9.23. The molecule has 0 amide bonds. The topological polar surface area (TPSA) is 55.4 Å². The Labute approximate surface area is 129 Å². The van der Waals surface area contributed by atoms with Gasteiger partial charge in [-0.25, -0.2) is 13.1 Å². The van der Waals surface area contributed by atoms with Gasteiger partial charge >= 0.3 is 0 Å². The number of methoxy groups -OCH3 is 1. The number of nitrogens with one attached hydrogen (secondary N) is 1. The molecule has 1 heterocycles. The van der Waals surface area contributed by atoms with Crippen LogP contribution in [0.4, 0.5) is 0 Å². The molecule has 0 spiro atoms. The molecule has 0 saturated heterocycles. The molecule has 21 heavy (non-hydrogen) atoms. The molecule has 0 unspecified atom stereocenters. The first-order valence-electron chi connectivity index (χ1n) is 6.70. The van der Waals surface area contributed by atoms with Gasteiger partial charge in [0.1, 0.15) is 5.75 Å². The fraction of sp³-hybridized carbons (Fsp3) is 0.333. The maximum atomic E-state index is 12.3. The quantitative estimate of drug-likeness (QED) is 0.849. The third-order valence-corrected chi connectivity index (χ3v) is 5.45. The first kappa shape index (κ1) is 16.0. The molecule has 1 N–H and O–H groups in total. The van der Waals surface area contributed by atoms with Crippen molar-refractivity contribution in [3.63, 3.8) is 0 Å². The van der Waals surface area contributed by atoms with Gasteiger partial charge in [-0.15, -0.1) is 11.3 Å². The highest BCUT2D eigenvalue weighted by Gasteiger charge is 2.19. The summed E-state index contributed by atoms with van der Waals surface area (Å²) in [5.41, 5.74) is 0.711. The second-order valence-corrected chi connectivity index (χ2v) is 7.44. The van der Waals surface area contributed by atoms with E-state index in [4.69, 9.17) is 4.74 Å². The van der Waals surface area contributed by atoms with Gasteiger partial charge in [-0.1, -0.05) is 25.1 Å². The molecule has 0 saturated carbocycles. The monoisotopic (exact) mass is 325 g/mol. The Kier molecular flexibility index (Phi) is 5.39. The highest BCUT2D eigenvalue weighted by molar-refractivity contribution is 7.88. The van der Waals surface area contributed by atoms with Crippen LogP contribution in [0.25, 0.3) is 0 Å². The van der Waals surface area contributed by atoms with Crippen LogP contribution in [-0.4, -0.2) is 15.5 Å². The van der Waals surface area contributed by atoms with Crippen molar-refractivity contribution < 1.29 is 13.2 Å². The van der Waals surface area contributed by atoms with Gasteiger partial charge in [0.15, 0.2) is 0 Å². The number of sulfonamides is 1. The Bertz CT molecular complexity index is 666. The third-order valence-electron chi connectivity index (χ3n) is 3.11. The van der Waals surface area contributed by atoms with Crippen molar-refractivity contribution in [1.82, 2.24) is 4.72 Å². The fourth-order valence-corrected chi connectivity index (χ4v) is 4.44. The molecule has 4 nitrogen and oxygen atoms in total. The summed E-state index contributed by atoms with van der Waals surface area (Å²) in [6.45, 7) is 1.97. The molecule has 0 aliphatic rings. The normalized spacial score (nSPS) is 13.0. The minimum atomic E-state index is -3.40. The standard InChI is InChI=1S/C15H19NO3S2/c1-3-14(15-8-5-9-20-15)16-21(17,18)11-12-6-4-7-13(10-12)19-2/h4-10,14,16H,3,11H2,1-2H3/t14-/m0/s1. The van der Waals surface area contributed by atoms with Crippen molar-refractivity contribution in [2.75, 3.05) is 7.11 Å². The Balaban J connectivity index is 2.10. The molecule has 1 aromatic heterocycles. The van der Waals surface area contributed by atoms with E-state index in [-0.39, 0.29) is 11.8 Å². The second-order valence-electron chi connectivity index (χ2n) is 4.70. The molecular formula is C15H19NO3S2. The zero-order valence-corrected chi connectivity index (χ0v) is 13.7. The SMILES string of the molecule is CC[C@H](NS(=O)(=O)Cc1cccc(OC)c1)c1cccs1. The molecule has 114 valence electrons. The summed E-state index contributed by atoms with van der Waals surface area (Å²) in [5.74, 6) is 0.611. The number of hydrogen-bond acceptors (Lipinski definition) is 4. The maximum absolute atomic E-state index is 12.3. The summed E-state index contributed by atoms with van der Waals surface area (Å²) in [6, 6.07) is 10.8. The van der Waals surface area contributed by atoms with Gasteiger partial charge in [-0.2, -0.15) is 0 Å². The van der Waals surface area contributed by atoms with Gasteiger partial charge in [0, 0.05) is 4.88 Å². The molecular weight excluding hydrogens is 306 g/mol. The third kappa shape index (κ3) is 4.56. The van der Waals surface area contributed by atoms with Gasteiger partial charge < -0.3 is 4.74 Å². The van der Waals surface area contributed by atoms with Gasteiger partial charge in [0.25, 0.3) is 0 Å². The summed E-state index contributed by atoms with van der Waals surface area (Å²) in [5, 5.41) is 1.95. The van der Waals surface area contributed by atoms with Crippen LogP contribution in [0, 0.1) is 0 Å². The smallest absolute Gasteiger partial charge is 0.216 e. The van der Waals surface area contributed by atoms with Crippen molar-refractivity contribution >= 4 is 21.4 Å². The van der Waals surface area contributed by atoms with Crippen molar-refractivity contribution in [3.8, 4) is 5.75 Å². The summed E-state index contributed by atoms with van der Waals surface area (Å²) >= 11 is 1.56. The van der Waals surface area contributed by atoms with Crippen molar-refractivity contribution in [1.29, 1.82) is 0 Å². The first-order chi connectivity index (χ1) is 10.0. The number of hydrogen-bond donors (Lipinski definition) is 1. The minimum Gasteiger partial charge on any atom is -0.497 e. The molecule has 1 aromatic carbocycles. The van der Waals surface area contributed by atoms with Crippen LogP contribution in [0.5, 0.6) is 5.75 Å². The van der Waals surface area contributed by atoms with Crippen LogP contribution < -0.4 is 9.46 Å². The Morgan fingerprint density at radius 2 is 2.10 bits per heavy atom. The molecule has 0 bridgehead atoms. The zero-order valence-electron chi connectivity index (χ0n) is 12.1. The van der Waals surface area contributed by atoms with E-state index in [0.29, 0.717) is 11.3 Å². The zero-order chi connectivity index (χ0) is 15.3. The van der Waals surface area contributed by atoms with E-state index >= 15 is 0 Å². The lowest BCUT2D eigenvalue weighted by molar-refractivity contribution is 0.414. The number of rotatable bonds is 7. The van der Waals surface area contributed by atoms with E-state index in [1.807, 2.05) is 24.4 Å². The molecule has 2 aromatic rings. The van der Waals surface area contributed by atoms with Gasteiger partial charge in [0.05, 0.1) is 18.9 Å². The lowest BCUT2D eigenvalue weighted by atomic mass is 10.2. The average molecular weight is 325 g/mol. The largest absolute Gasteiger partial charge is 0.497 e. The Hall–Kier alpha value is -1.37. The average Bonchev–Trinajstić information content (AvgIpc) is 2.98. The minimum absolute atomic E-state index is 0.0495. The Morgan fingerprint density at radius 1 is 1.29 bits per heavy atom. The lowest BCUT2D eigenvalue weighted by Gasteiger charge is -2.16. The lowest BCUT2D eigenvalue weighted by Crippen LogP contribution is -2.29. The van der Waals surface area contributed by atoms with Crippen LogP contribution in [0.2, 0.25) is 0 Å². The summed E-state index contributed by atoms with van der Waals surface area (Å²) in [7, 11) is -1.83. The van der Waals surface area contributed by atoms with Crippen molar-refractivity contribution in [3.05, 3.63) is 52.2 Å². The van der Waals surface area contributed by atoms with Crippen molar-refractivity contribution in [2.24, 2.45) is 0 Å². The van der Waals surface area contributed by atoms with Crippen LogP contribution in [0.3, 0.4) is 0 Å². The predicted molar refractivity (Wildman–Crippen MR) is 86.1 cm³/mol. The molecule has 0 radical (unpaired) electrons. The number of benzene rings is 1. The van der Waals surface area contributed by atoms with E-state index < -0.39 is 10.0 Å². The Morgan fingerprint density at radius 3 is 2.71 bits per heavy atom. The van der Waals surface area contributed by atoms with Crippen LogP contribution in [-0.2, 0) is 15.8 Å². The van der Waals surface area contributed by atoms with E-state index in [0.717, 1.165) is 11.3 Å². The molecule has 0 aliphatic carbocycles. The molecule has 0 aliphatic heterocycles. The predicted octanol–water partition coefficient (Wildman–Crippen LogP) is 3.33. The molecule has 2 rings (SSSR count). The van der Waals surface area contributed by atoms with Crippen LogP contribution >= 0.6 is 11.3 Å². The second kappa shape index (κ2) is 7.06. The van der Waals surface area contributed by atoms with E-state index in [1.165, 1.54) is 0 Å². The van der Waals surface area contributed by atoms with E-state index in [9.17, 15) is 8.42 Å². The van der Waals surface area contributed by atoms with Gasteiger partial charge in [-0.3, -0.25) is 0 Å². The summed E-state index contributed by atoms with van der Waals surface area (Å²) < 4.78 is 32.5. The van der Waals surface area contributed by atoms with E-state index in [2.05, 4.69) is 4.72 Å². The van der Waals surface area contributed by atoms with Crippen LogP contribution in [0.1, 0.15) is 29.8 Å².